The summed E-state index contributed by atoms with van der Waals surface area (Å²) in [5, 5.41) is 0. The van der Waals surface area contributed by atoms with Gasteiger partial charge in [0.15, 0.2) is 0 Å². The molecule has 0 spiro atoms. The second kappa shape index (κ2) is 4.99. The third kappa shape index (κ3) is 2.40. The Morgan fingerprint density at radius 2 is 2.11 bits per heavy atom. The van der Waals surface area contributed by atoms with Gasteiger partial charge in [-0.25, -0.2) is 4.79 Å². The topological polar surface area (TPSA) is 55.4 Å². The van der Waals surface area contributed by atoms with Gasteiger partial charge in [0, 0.05) is 5.57 Å². The van der Waals surface area contributed by atoms with Gasteiger partial charge in [-0.1, -0.05) is 20.4 Å². The van der Waals surface area contributed by atoms with Crippen LogP contribution < -0.4 is 5.48 Å². The number of rotatable bonds is 3. The number of carbonyl (C=O) groups excluding carboxylic acids is 2. The molecule has 2 saturated carbocycles. The fraction of sp³-hybridized carbons (Fsp3) is 0.733. The van der Waals surface area contributed by atoms with Crippen LogP contribution in [0.3, 0.4) is 0 Å². The molecule has 0 aromatic carbocycles. The Bertz CT molecular complexity index is 416. The predicted octanol–water partition coefficient (Wildman–Crippen LogP) is 2.60. The minimum Gasteiger partial charge on any atom is -0.336 e. The van der Waals surface area contributed by atoms with Crippen LogP contribution in [0.2, 0.25) is 0 Å². The molecule has 0 aliphatic heterocycles. The van der Waals surface area contributed by atoms with Crippen molar-refractivity contribution < 1.29 is 14.4 Å². The Morgan fingerprint density at radius 1 is 1.42 bits per heavy atom. The van der Waals surface area contributed by atoms with Crippen LogP contribution in [0, 0.1) is 23.2 Å². The molecule has 0 aromatic heterocycles. The minimum atomic E-state index is -0.571. The quantitative estimate of drug-likeness (QED) is 0.630. The molecule has 3 atom stereocenters. The number of amides is 1. The zero-order valence-corrected chi connectivity index (χ0v) is 12.0. The van der Waals surface area contributed by atoms with E-state index in [1.165, 1.54) is 0 Å². The average molecular weight is 265 g/mol. The maximum Gasteiger partial charge on any atom is 0.358 e. The van der Waals surface area contributed by atoms with Gasteiger partial charge in [-0.2, -0.15) is 5.48 Å². The van der Waals surface area contributed by atoms with Gasteiger partial charge in [-0.05, 0) is 50.4 Å². The van der Waals surface area contributed by atoms with Crippen molar-refractivity contribution in [3.8, 4) is 0 Å². The fourth-order valence-electron chi connectivity index (χ4n) is 3.87. The average Bonchev–Trinajstić information content (AvgIpc) is 2.94. The molecular weight excluding hydrogens is 242 g/mol. The molecule has 0 heterocycles. The summed E-state index contributed by atoms with van der Waals surface area (Å²) in [5.74, 6) is 0.844. The van der Waals surface area contributed by atoms with E-state index in [0.29, 0.717) is 17.8 Å². The third-order valence-electron chi connectivity index (χ3n) is 4.79. The van der Waals surface area contributed by atoms with Crippen molar-refractivity contribution in [2.75, 3.05) is 0 Å². The van der Waals surface area contributed by atoms with Crippen LogP contribution in [0.15, 0.2) is 12.2 Å². The summed E-state index contributed by atoms with van der Waals surface area (Å²) in [6, 6.07) is 0. The van der Waals surface area contributed by atoms with Crippen LogP contribution in [0.4, 0.5) is 0 Å². The second-order valence-electron chi connectivity index (χ2n) is 6.45. The summed E-state index contributed by atoms with van der Waals surface area (Å²) >= 11 is 0. The van der Waals surface area contributed by atoms with Gasteiger partial charge in [0.1, 0.15) is 0 Å². The van der Waals surface area contributed by atoms with Gasteiger partial charge in [0.2, 0.25) is 0 Å². The number of carbonyl (C=O) groups is 2. The molecule has 1 N–H and O–H groups in total. The molecule has 4 heteroatoms. The van der Waals surface area contributed by atoms with Crippen molar-refractivity contribution in [1.82, 2.24) is 5.48 Å². The van der Waals surface area contributed by atoms with Crippen LogP contribution in [-0.2, 0) is 14.4 Å². The van der Waals surface area contributed by atoms with E-state index in [-0.39, 0.29) is 16.9 Å². The SMILES string of the molecule is C=C(C)C(=O)ONC(=O)C12CCC(CC1C(C)C)C2. The van der Waals surface area contributed by atoms with E-state index in [4.69, 9.17) is 4.84 Å². The van der Waals surface area contributed by atoms with E-state index >= 15 is 0 Å². The van der Waals surface area contributed by atoms with Crippen LogP contribution in [-0.4, -0.2) is 11.9 Å². The lowest BCUT2D eigenvalue weighted by atomic mass is 9.69. The molecule has 106 valence electrons. The van der Waals surface area contributed by atoms with Gasteiger partial charge in [-0.3, -0.25) is 4.79 Å². The highest BCUT2D eigenvalue weighted by molar-refractivity contribution is 5.89. The van der Waals surface area contributed by atoms with E-state index in [1.807, 2.05) is 0 Å². The molecule has 3 unspecified atom stereocenters. The van der Waals surface area contributed by atoms with E-state index < -0.39 is 5.97 Å². The lowest BCUT2D eigenvalue weighted by Gasteiger charge is -2.35. The van der Waals surface area contributed by atoms with E-state index in [9.17, 15) is 9.59 Å². The number of hydrogen-bond acceptors (Lipinski definition) is 3. The minimum absolute atomic E-state index is 0.124. The zero-order valence-electron chi connectivity index (χ0n) is 12.0. The van der Waals surface area contributed by atoms with Crippen molar-refractivity contribution in [2.45, 2.75) is 46.5 Å². The molecule has 2 bridgehead atoms. The molecule has 2 rings (SSSR count). The number of hydrogen-bond donors (Lipinski definition) is 1. The van der Waals surface area contributed by atoms with Gasteiger partial charge in [0.05, 0.1) is 5.41 Å². The lowest BCUT2D eigenvalue weighted by molar-refractivity contribution is -0.160. The van der Waals surface area contributed by atoms with Gasteiger partial charge < -0.3 is 4.84 Å². The van der Waals surface area contributed by atoms with Crippen molar-refractivity contribution in [2.24, 2.45) is 23.2 Å². The highest BCUT2D eigenvalue weighted by Gasteiger charge is 2.57. The molecule has 2 aliphatic rings. The van der Waals surface area contributed by atoms with Crippen LogP contribution in [0.1, 0.15) is 46.5 Å². The molecule has 2 fully saturated rings. The summed E-state index contributed by atoms with van der Waals surface area (Å²) in [7, 11) is 0. The van der Waals surface area contributed by atoms with Crippen molar-refractivity contribution in [1.29, 1.82) is 0 Å². The van der Waals surface area contributed by atoms with E-state index in [0.717, 1.165) is 25.7 Å². The zero-order chi connectivity index (χ0) is 14.2. The van der Waals surface area contributed by atoms with Gasteiger partial charge in [0.25, 0.3) is 5.91 Å². The summed E-state index contributed by atoms with van der Waals surface area (Å²) in [6.45, 7) is 9.39. The molecule has 0 saturated heterocycles. The Hall–Kier alpha value is -1.32. The molecule has 0 radical (unpaired) electrons. The van der Waals surface area contributed by atoms with E-state index in [1.54, 1.807) is 6.92 Å². The van der Waals surface area contributed by atoms with Crippen molar-refractivity contribution in [3.63, 3.8) is 0 Å². The highest BCUT2D eigenvalue weighted by atomic mass is 16.7. The molecular formula is C15H23NO3. The van der Waals surface area contributed by atoms with Crippen molar-refractivity contribution in [3.05, 3.63) is 12.2 Å². The fourth-order valence-corrected chi connectivity index (χ4v) is 3.87. The largest absolute Gasteiger partial charge is 0.358 e. The highest BCUT2D eigenvalue weighted by Crippen LogP contribution is 2.59. The van der Waals surface area contributed by atoms with Crippen molar-refractivity contribution >= 4 is 11.9 Å². The van der Waals surface area contributed by atoms with Gasteiger partial charge in [-0.15, -0.1) is 0 Å². The van der Waals surface area contributed by atoms with Crippen LogP contribution >= 0.6 is 0 Å². The van der Waals surface area contributed by atoms with Gasteiger partial charge >= 0.3 is 5.97 Å². The first kappa shape index (κ1) is 14.1. The monoisotopic (exact) mass is 265 g/mol. The van der Waals surface area contributed by atoms with E-state index in [2.05, 4.69) is 25.9 Å². The summed E-state index contributed by atoms with van der Waals surface area (Å²) in [6.07, 6.45) is 4.09. The number of nitrogens with one attached hydrogen (secondary N) is 1. The number of fused-ring (bicyclic) bond motifs is 2. The Kier molecular flexibility index (Phi) is 3.70. The molecule has 2 aliphatic carbocycles. The summed E-state index contributed by atoms with van der Waals surface area (Å²) < 4.78 is 0. The molecule has 19 heavy (non-hydrogen) atoms. The Balaban J connectivity index is 2.04. The normalized spacial score (nSPS) is 32.4. The maximum absolute atomic E-state index is 12.4. The predicted molar refractivity (Wildman–Crippen MR) is 71.8 cm³/mol. The molecule has 0 aromatic rings. The summed E-state index contributed by atoms with van der Waals surface area (Å²) in [5.41, 5.74) is 2.32. The first-order valence-corrected chi connectivity index (χ1v) is 7.04. The lowest BCUT2D eigenvalue weighted by Crippen LogP contribution is -2.45. The first-order valence-electron chi connectivity index (χ1n) is 7.04. The Labute approximate surface area is 114 Å². The molecule has 1 amide bonds. The maximum atomic E-state index is 12.4. The third-order valence-corrected chi connectivity index (χ3v) is 4.79. The second-order valence-corrected chi connectivity index (χ2v) is 6.45. The van der Waals surface area contributed by atoms with Crippen LogP contribution in [0.5, 0.6) is 0 Å². The molecule has 4 nitrogen and oxygen atoms in total. The van der Waals surface area contributed by atoms with Crippen LogP contribution in [0.25, 0.3) is 0 Å². The smallest absolute Gasteiger partial charge is 0.336 e. The summed E-state index contributed by atoms with van der Waals surface area (Å²) in [4.78, 5) is 28.6. The standard InChI is InChI=1S/C15H23NO3/c1-9(2)12-7-11-5-6-15(12,8-11)14(18)16-19-13(17)10(3)4/h9,11-12H,3,5-8H2,1-2,4H3,(H,16,18). The Morgan fingerprint density at radius 3 is 2.63 bits per heavy atom. The first-order chi connectivity index (χ1) is 8.86. The number of hydroxylamine groups is 1.